The number of aromatic nitrogens is 2. The molecule has 0 atom stereocenters. The molecule has 0 spiro atoms. The maximum atomic E-state index is 14.1. The van der Waals surface area contributed by atoms with Crippen molar-refractivity contribution in [3.05, 3.63) is 66.1 Å². The first-order valence-electron chi connectivity index (χ1n) is 7.79. The van der Waals surface area contributed by atoms with E-state index in [1.54, 1.807) is 12.1 Å². The molecule has 2 aromatic carbocycles. The van der Waals surface area contributed by atoms with Crippen LogP contribution in [-0.4, -0.2) is 24.6 Å². The summed E-state index contributed by atoms with van der Waals surface area (Å²) >= 11 is 0. The molecule has 0 aliphatic heterocycles. The summed E-state index contributed by atoms with van der Waals surface area (Å²) in [5, 5.41) is 5.24. The molecule has 0 aliphatic carbocycles. The van der Waals surface area contributed by atoms with Crippen molar-refractivity contribution < 1.29 is 21.6 Å². The van der Waals surface area contributed by atoms with Crippen molar-refractivity contribution in [2.24, 2.45) is 0 Å². The number of hydrogen-bond acceptors (Lipinski definition) is 6. The lowest BCUT2D eigenvalue weighted by atomic mass is 10.2. The van der Waals surface area contributed by atoms with Crippen LogP contribution in [0.2, 0.25) is 0 Å². The van der Waals surface area contributed by atoms with E-state index < -0.39 is 27.5 Å². The Morgan fingerprint density at radius 3 is 2.21 bits per heavy atom. The normalized spacial score (nSPS) is 11.1. The van der Waals surface area contributed by atoms with Crippen LogP contribution >= 0.6 is 0 Å². The van der Waals surface area contributed by atoms with Crippen molar-refractivity contribution in [2.75, 3.05) is 21.6 Å². The molecule has 0 saturated carbocycles. The second kappa shape index (κ2) is 7.72. The highest BCUT2D eigenvalue weighted by atomic mass is 32.2. The van der Waals surface area contributed by atoms with Gasteiger partial charge in [-0.2, -0.15) is 4.98 Å². The first kappa shape index (κ1) is 19.4. The van der Waals surface area contributed by atoms with E-state index in [-0.39, 0.29) is 28.8 Å². The van der Waals surface area contributed by atoms with Gasteiger partial charge in [0, 0.05) is 11.8 Å². The van der Waals surface area contributed by atoms with E-state index in [1.165, 1.54) is 12.1 Å². The molecule has 0 fully saturated rings. The Morgan fingerprint density at radius 1 is 0.929 bits per heavy atom. The third kappa shape index (κ3) is 5.10. The molecule has 0 bridgehead atoms. The zero-order chi connectivity index (χ0) is 20.3. The minimum absolute atomic E-state index is 0.0363. The van der Waals surface area contributed by atoms with Crippen LogP contribution in [0.4, 0.5) is 42.0 Å². The molecule has 0 saturated heterocycles. The first-order chi connectivity index (χ1) is 13.2. The maximum absolute atomic E-state index is 14.1. The highest BCUT2D eigenvalue weighted by Gasteiger charge is 2.12. The van der Waals surface area contributed by atoms with E-state index in [0.29, 0.717) is 6.07 Å². The number of rotatable bonds is 6. The standard InChI is InChI=1S/C17H14F3N5O2S/c1-28(26,27)25-15-5-3-2-4-14(15)23-16-13(20)9-21-17(24-16)22-12-7-10(18)6-11(19)8-12/h2-9,25H,1H3,(H2,21,22,23,24). The monoisotopic (exact) mass is 409 g/mol. The highest BCUT2D eigenvalue weighted by molar-refractivity contribution is 7.92. The molecular weight excluding hydrogens is 395 g/mol. The van der Waals surface area contributed by atoms with Crippen LogP contribution in [0.15, 0.2) is 48.7 Å². The minimum Gasteiger partial charge on any atom is -0.336 e. The fourth-order valence-electron chi connectivity index (χ4n) is 2.28. The fraction of sp³-hybridized carbons (Fsp3) is 0.0588. The molecule has 7 nitrogen and oxygen atoms in total. The third-order valence-corrected chi connectivity index (χ3v) is 3.93. The molecule has 0 radical (unpaired) electrons. The number of nitrogens with zero attached hydrogens (tertiary/aromatic N) is 2. The van der Waals surface area contributed by atoms with Crippen molar-refractivity contribution in [3.8, 4) is 0 Å². The van der Waals surface area contributed by atoms with Crippen molar-refractivity contribution in [2.45, 2.75) is 0 Å². The molecule has 3 N–H and O–H groups in total. The summed E-state index contributed by atoms with van der Waals surface area (Å²) in [5.41, 5.74) is 0.465. The molecule has 3 aromatic rings. The largest absolute Gasteiger partial charge is 0.336 e. The van der Waals surface area contributed by atoms with Gasteiger partial charge in [0.1, 0.15) is 11.6 Å². The van der Waals surface area contributed by atoms with Gasteiger partial charge in [-0.15, -0.1) is 0 Å². The zero-order valence-corrected chi connectivity index (χ0v) is 15.2. The van der Waals surface area contributed by atoms with E-state index >= 15 is 0 Å². The third-order valence-electron chi connectivity index (χ3n) is 3.34. The minimum atomic E-state index is -3.56. The SMILES string of the molecule is CS(=O)(=O)Nc1ccccc1Nc1nc(Nc2cc(F)cc(F)c2)ncc1F. The summed E-state index contributed by atoms with van der Waals surface area (Å²) in [5.74, 6) is -2.81. The predicted octanol–water partition coefficient (Wildman–Crippen LogP) is 3.75. The average molecular weight is 409 g/mol. The summed E-state index contributed by atoms with van der Waals surface area (Å²) < 4.78 is 66.0. The van der Waals surface area contributed by atoms with Gasteiger partial charge in [0.05, 0.1) is 23.8 Å². The fourth-order valence-corrected chi connectivity index (χ4v) is 2.86. The van der Waals surface area contributed by atoms with Gasteiger partial charge in [-0.1, -0.05) is 12.1 Å². The van der Waals surface area contributed by atoms with Crippen molar-refractivity contribution >= 4 is 38.9 Å². The van der Waals surface area contributed by atoms with Gasteiger partial charge in [-0.25, -0.2) is 26.6 Å². The number of hydrogen-bond donors (Lipinski definition) is 3. The molecule has 11 heteroatoms. The Morgan fingerprint density at radius 2 is 1.57 bits per heavy atom. The second-order valence-corrected chi connectivity index (χ2v) is 7.47. The number of nitrogens with one attached hydrogen (secondary N) is 3. The summed E-state index contributed by atoms with van der Waals surface area (Å²) in [4.78, 5) is 7.65. The van der Waals surface area contributed by atoms with E-state index in [9.17, 15) is 21.6 Å². The van der Waals surface area contributed by atoms with Gasteiger partial charge in [0.15, 0.2) is 11.6 Å². The van der Waals surface area contributed by atoms with Gasteiger partial charge in [0.2, 0.25) is 16.0 Å². The van der Waals surface area contributed by atoms with Crippen LogP contribution in [0.3, 0.4) is 0 Å². The van der Waals surface area contributed by atoms with Crippen molar-refractivity contribution in [1.29, 1.82) is 0 Å². The number of sulfonamides is 1. The Labute approximate surface area is 158 Å². The molecule has 1 heterocycles. The highest BCUT2D eigenvalue weighted by Crippen LogP contribution is 2.27. The van der Waals surface area contributed by atoms with E-state index in [0.717, 1.165) is 24.6 Å². The molecule has 0 unspecified atom stereocenters. The number of para-hydroxylation sites is 2. The van der Waals surface area contributed by atoms with Gasteiger partial charge in [-0.05, 0) is 24.3 Å². The Bertz CT molecular complexity index is 1110. The first-order valence-corrected chi connectivity index (χ1v) is 9.68. The number of benzene rings is 2. The van der Waals surface area contributed by atoms with E-state index in [1.807, 2.05) is 0 Å². The molecule has 146 valence electrons. The molecule has 3 rings (SSSR count). The average Bonchev–Trinajstić information content (AvgIpc) is 2.57. The maximum Gasteiger partial charge on any atom is 0.229 e. The Hall–Kier alpha value is -3.34. The van der Waals surface area contributed by atoms with E-state index in [4.69, 9.17) is 0 Å². The summed E-state index contributed by atoms with van der Waals surface area (Å²) in [6, 6.07) is 8.96. The summed E-state index contributed by atoms with van der Waals surface area (Å²) in [7, 11) is -3.56. The lowest BCUT2D eigenvalue weighted by Gasteiger charge is -2.13. The van der Waals surface area contributed by atoms with Crippen molar-refractivity contribution in [3.63, 3.8) is 0 Å². The number of anilines is 5. The van der Waals surface area contributed by atoms with Gasteiger partial charge < -0.3 is 10.6 Å². The molecule has 0 aliphatic rings. The Kier molecular flexibility index (Phi) is 5.36. The van der Waals surface area contributed by atoms with Crippen LogP contribution in [-0.2, 0) is 10.0 Å². The number of halogens is 3. The smallest absolute Gasteiger partial charge is 0.229 e. The molecule has 28 heavy (non-hydrogen) atoms. The van der Waals surface area contributed by atoms with Crippen LogP contribution < -0.4 is 15.4 Å². The lowest BCUT2D eigenvalue weighted by molar-refractivity contribution is 0.584. The van der Waals surface area contributed by atoms with E-state index in [2.05, 4.69) is 25.3 Å². The van der Waals surface area contributed by atoms with Gasteiger partial charge in [-0.3, -0.25) is 4.72 Å². The quantitative estimate of drug-likeness (QED) is 0.574. The Balaban J connectivity index is 1.89. The van der Waals surface area contributed by atoms with Crippen LogP contribution in [0.1, 0.15) is 0 Å². The summed E-state index contributed by atoms with van der Waals surface area (Å²) in [6.45, 7) is 0. The van der Waals surface area contributed by atoms with Crippen LogP contribution in [0, 0.1) is 17.5 Å². The zero-order valence-electron chi connectivity index (χ0n) is 14.4. The predicted molar refractivity (Wildman–Crippen MR) is 99.8 cm³/mol. The lowest BCUT2D eigenvalue weighted by Crippen LogP contribution is -2.11. The van der Waals surface area contributed by atoms with Crippen LogP contribution in [0.25, 0.3) is 0 Å². The second-order valence-electron chi connectivity index (χ2n) is 5.72. The van der Waals surface area contributed by atoms with Gasteiger partial charge in [0.25, 0.3) is 0 Å². The van der Waals surface area contributed by atoms with Crippen molar-refractivity contribution in [1.82, 2.24) is 9.97 Å². The molecular formula is C17H14F3N5O2S. The molecule has 0 amide bonds. The summed E-state index contributed by atoms with van der Waals surface area (Å²) in [6.07, 6.45) is 1.84. The van der Waals surface area contributed by atoms with Crippen LogP contribution in [0.5, 0.6) is 0 Å². The molecule has 1 aromatic heterocycles. The van der Waals surface area contributed by atoms with Gasteiger partial charge >= 0.3 is 0 Å². The topological polar surface area (TPSA) is 96.0 Å².